The molecule has 0 saturated carbocycles. The van der Waals surface area contributed by atoms with Crippen molar-refractivity contribution in [3.05, 3.63) is 12.2 Å². The Labute approximate surface area is 122 Å². The maximum atomic E-state index is 11.8. The highest BCUT2D eigenvalue weighted by Gasteiger charge is 2.34. The quantitative estimate of drug-likeness (QED) is 0.855. The zero-order valence-electron chi connectivity index (χ0n) is 12.4. The van der Waals surface area contributed by atoms with E-state index in [1.54, 1.807) is 25.5 Å². The van der Waals surface area contributed by atoms with Gasteiger partial charge < -0.3 is 15.2 Å². The number of nitrogens with one attached hydrogen (secondary N) is 1. The highest BCUT2D eigenvalue weighted by Crippen LogP contribution is 2.22. The van der Waals surface area contributed by atoms with E-state index in [1.165, 1.54) is 6.33 Å². The van der Waals surface area contributed by atoms with E-state index in [2.05, 4.69) is 15.4 Å². The average molecular weight is 296 g/mol. The van der Waals surface area contributed by atoms with Crippen LogP contribution in [-0.2, 0) is 22.5 Å². The van der Waals surface area contributed by atoms with Gasteiger partial charge in [0.25, 0.3) is 0 Å². The predicted octanol–water partition coefficient (Wildman–Crippen LogP) is 0.818. The summed E-state index contributed by atoms with van der Waals surface area (Å²) in [5, 5.41) is 15.9. The molecule has 21 heavy (non-hydrogen) atoms. The van der Waals surface area contributed by atoms with Crippen LogP contribution in [0.2, 0.25) is 0 Å². The van der Waals surface area contributed by atoms with E-state index in [9.17, 15) is 14.7 Å². The van der Waals surface area contributed by atoms with Crippen LogP contribution in [-0.4, -0.2) is 43.6 Å². The van der Waals surface area contributed by atoms with Crippen molar-refractivity contribution in [2.45, 2.75) is 51.8 Å². The van der Waals surface area contributed by atoms with E-state index in [4.69, 9.17) is 4.74 Å². The van der Waals surface area contributed by atoms with Crippen molar-refractivity contribution < 1.29 is 19.4 Å². The number of aliphatic carboxylic acids is 1. The standard InChI is InChI=1S/C13H20N4O4/c1-13(2,3)21-12(20)16-10(11(18)19)8-4-5-17-9(6-8)14-7-15-17/h7-8,10H,4-6H2,1-3H3,(H,16,20)(H,18,19). The Balaban J connectivity index is 2.03. The third-order valence-electron chi connectivity index (χ3n) is 3.26. The minimum atomic E-state index is -1.07. The van der Waals surface area contributed by atoms with Gasteiger partial charge in [0.15, 0.2) is 0 Å². The second-order valence-electron chi connectivity index (χ2n) is 6.11. The van der Waals surface area contributed by atoms with Crippen LogP contribution in [0.15, 0.2) is 6.33 Å². The first kappa shape index (κ1) is 15.3. The normalized spacial score (nSPS) is 19.5. The molecule has 1 amide bonds. The van der Waals surface area contributed by atoms with Crippen LogP contribution in [0, 0.1) is 5.92 Å². The van der Waals surface area contributed by atoms with Crippen molar-refractivity contribution in [2.24, 2.45) is 5.92 Å². The summed E-state index contributed by atoms with van der Waals surface area (Å²) in [5.74, 6) is -0.561. The number of nitrogens with zero attached hydrogens (tertiary/aromatic N) is 3. The zero-order chi connectivity index (χ0) is 15.6. The molecule has 1 aliphatic rings. The minimum Gasteiger partial charge on any atom is -0.480 e. The fraction of sp³-hybridized carbons (Fsp3) is 0.692. The zero-order valence-corrected chi connectivity index (χ0v) is 12.4. The Hall–Kier alpha value is -2.12. The number of hydrogen-bond donors (Lipinski definition) is 2. The number of rotatable bonds is 3. The molecule has 8 nitrogen and oxygen atoms in total. The molecule has 2 atom stereocenters. The number of carboxylic acids is 1. The summed E-state index contributed by atoms with van der Waals surface area (Å²) in [6, 6.07) is -0.995. The Morgan fingerprint density at radius 2 is 2.24 bits per heavy atom. The molecule has 0 fully saturated rings. The van der Waals surface area contributed by atoms with Crippen molar-refractivity contribution in [1.82, 2.24) is 20.1 Å². The van der Waals surface area contributed by atoms with Gasteiger partial charge in [-0.1, -0.05) is 0 Å². The lowest BCUT2D eigenvalue weighted by molar-refractivity contribution is -0.141. The predicted molar refractivity (Wildman–Crippen MR) is 72.6 cm³/mol. The fourth-order valence-corrected chi connectivity index (χ4v) is 2.36. The highest BCUT2D eigenvalue weighted by molar-refractivity contribution is 5.80. The number of hydrogen-bond acceptors (Lipinski definition) is 5. The van der Waals surface area contributed by atoms with Crippen LogP contribution in [0.1, 0.15) is 33.0 Å². The van der Waals surface area contributed by atoms with Crippen LogP contribution in [0.4, 0.5) is 4.79 Å². The fourth-order valence-electron chi connectivity index (χ4n) is 2.36. The van der Waals surface area contributed by atoms with Crippen LogP contribution < -0.4 is 5.32 Å². The summed E-state index contributed by atoms with van der Waals surface area (Å²) in [6.07, 6.45) is 1.81. The lowest BCUT2D eigenvalue weighted by atomic mass is 9.90. The summed E-state index contributed by atoms with van der Waals surface area (Å²) < 4.78 is 6.87. The number of carboxylic acid groups (broad SMARTS) is 1. The van der Waals surface area contributed by atoms with Crippen LogP contribution in [0.25, 0.3) is 0 Å². The second kappa shape index (κ2) is 5.71. The van der Waals surface area contributed by atoms with Gasteiger partial charge in [-0.2, -0.15) is 5.10 Å². The molecule has 0 aromatic carbocycles. The molecule has 0 saturated heterocycles. The number of carbonyl (C=O) groups is 2. The molecule has 0 radical (unpaired) electrons. The van der Waals surface area contributed by atoms with E-state index < -0.39 is 23.7 Å². The van der Waals surface area contributed by atoms with E-state index >= 15 is 0 Å². The van der Waals surface area contributed by atoms with Crippen LogP contribution >= 0.6 is 0 Å². The van der Waals surface area contributed by atoms with Gasteiger partial charge in [0.05, 0.1) is 0 Å². The van der Waals surface area contributed by atoms with E-state index in [1.807, 2.05) is 0 Å². The Kier molecular flexibility index (Phi) is 4.15. The first-order valence-corrected chi connectivity index (χ1v) is 6.85. The summed E-state index contributed by atoms with van der Waals surface area (Å²) in [7, 11) is 0. The molecule has 2 unspecified atom stereocenters. The molecule has 0 bridgehead atoms. The molecular formula is C13H20N4O4. The Bertz CT molecular complexity index is 535. The number of carbonyl (C=O) groups excluding carboxylic acids is 1. The Morgan fingerprint density at radius 3 is 2.86 bits per heavy atom. The number of aryl methyl sites for hydroxylation is 1. The van der Waals surface area contributed by atoms with Gasteiger partial charge in [-0.25, -0.2) is 14.6 Å². The molecule has 0 spiro atoms. The molecule has 2 N–H and O–H groups in total. The maximum absolute atomic E-state index is 11.8. The largest absolute Gasteiger partial charge is 0.480 e. The average Bonchev–Trinajstić information content (AvgIpc) is 2.80. The summed E-state index contributed by atoms with van der Waals surface area (Å²) in [4.78, 5) is 27.3. The first-order chi connectivity index (χ1) is 9.76. The third kappa shape index (κ3) is 3.93. The number of ether oxygens (including phenoxy) is 1. The van der Waals surface area contributed by atoms with Gasteiger partial charge in [-0.3, -0.25) is 4.68 Å². The summed E-state index contributed by atoms with van der Waals surface area (Å²) in [5.41, 5.74) is -0.667. The molecule has 2 rings (SSSR count). The second-order valence-corrected chi connectivity index (χ2v) is 6.11. The maximum Gasteiger partial charge on any atom is 0.408 e. The molecule has 1 aromatic heterocycles. The molecule has 0 aliphatic carbocycles. The minimum absolute atomic E-state index is 0.230. The monoisotopic (exact) mass is 296 g/mol. The van der Waals surface area contributed by atoms with Crippen molar-refractivity contribution in [3.63, 3.8) is 0 Å². The SMILES string of the molecule is CC(C)(C)OC(=O)NC(C(=O)O)C1CCn2ncnc2C1. The number of fused-ring (bicyclic) bond motifs is 1. The molecule has 1 aliphatic heterocycles. The van der Waals surface area contributed by atoms with Gasteiger partial charge in [-0.05, 0) is 33.1 Å². The Morgan fingerprint density at radius 1 is 1.52 bits per heavy atom. The van der Waals surface area contributed by atoms with Gasteiger partial charge in [-0.15, -0.1) is 0 Å². The lowest BCUT2D eigenvalue weighted by Gasteiger charge is -2.29. The molecular weight excluding hydrogens is 276 g/mol. The van der Waals surface area contributed by atoms with Gasteiger partial charge in [0.2, 0.25) is 0 Å². The van der Waals surface area contributed by atoms with Gasteiger partial charge in [0.1, 0.15) is 23.8 Å². The molecule has 2 heterocycles. The molecule has 8 heteroatoms. The lowest BCUT2D eigenvalue weighted by Crippen LogP contribution is -2.49. The van der Waals surface area contributed by atoms with Crippen molar-refractivity contribution in [2.75, 3.05) is 0 Å². The van der Waals surface area contributed by atoms with Crippen molar-refractivity contribution in [1.29, 1.82) is 0 Å². The number of amides is 1. The van der Waals surface area contributed by atoms with Crippen LogP contribution in [0.5, 0.6) is 0 Å². The third-order valence-corrected chi connectivity index (χ3v) is 3.26. The molecule has 116 valence electrons. The van der Waals surface area contributed by atoms with Gasteiger partial charge in [0, 0.05) is 13.0 Å². The number of aromatic nitrogens is 3. The van der Waals surface area contributed by atoms with E-state index in [0.29, 0.717) is 19.4 Å². The smallest absolute Gasteiger partial charge is 0.408 e. The summed E-state index contributed by atoms with van der Waals surface area (Å²) >= 11 is 0. The molecule has 1 aromatic rings. The van der Waals surface area contributed by atoms with E-state index in [0.717, 1.165) is 5.82 Å². The summed E-state index contributed by atoms with van der Waals surface area (Å²) in [6.45, 7) is 5.78. The van der Waals surface area contributed by atoms with Gasteiger partial charge >= 0.3 is 12.1 Å². The van der Waals surface area contributed by atoms with E-state index in [-0.39, 0.29) is 5.92 Å². The first-order valence-electron chi connectivity index (χ1n) is 6.85. The van der Waals surface area contributed by atoms with Crippen LogP contribution in [0.3, 0.4) is 0 Å². The topological polar surface area (TPSA) is 106 Å². The highest BCUT2D eigenvalue weighted by atomic mass is 16.6. The van der Waals surface area contributed by atoms with Crippen molar-refractivity contribution in [3.8, 4) is 0 Å². The van der Waals surface area contributed by atoms with Crippen molar-refractivity contribution >= 4 is 12.1 Å². The number of alkyl carbamates (subject to hydrolysis) is 1.